The number of amides is 1. The van der Waals surface area contributed by atoms with E-state index in [0.29, 0.717) is 32.1 Å². The zero-order valence-corrected chi connectivity index (χ0v) is 16.5. The Kier molecular flexibility index (Phi) is 14.2. The normalized spacial score (nSPS) is 12.4. The van der Waals surface area contributed by atoms with Crippen LogP contribution in [0.2, 0.25) is 0 Å². The molecule has 2 N–H and O–H groups in total. The van der Waals surface area contributed by atoms with Crippen molar-refractivity contribution in [2.75, 3.05) is 6.54 Å². The van der Waals surface area contributed by atoms with Crippen LogP contribution in [0.5, 0.6) is 0 Å². The number of hydrogen-bond donors (Lipinski definition) is 2. The second-order valence-corrected chi connectivity index (χ2v) is 6.82. The Hall–Kier alpha value is -1.80. The monoisotopic (exact) mass is 411 g/mol. The molecule has 0 aliphatic rings. The van der Waals surface area contributed by atoms with E-state index < -0.39 is 24.2 Å². The molecule has 0 aromatic heterocycles. The van der Waals surface area contributed by atoms with Gasteiger partial charge in [0.05, 0.1) is 6.42 Å². The lowest BCUT2D eigenvalue weighted by molar-refractivity contribution is -0.205. The van der Waals surface area contributed by atoms with E-state index in [1.165, 1.54) is 0 Å². The Balaban J connectivity index is 3.92. The number of aliphatic carboxylic acids is 1. The third-order valence-electron chi connectivity index (χ3n) is 4.23. The first kappa shape index (κ1) is 26.2. The van der Waals surface area contributed by atoms with Crippen molar-refractivity contribution < 1.29 is 37.4 Å². The zero-order chi connectivity index (χ0) is 21.4. The quantitative estimate of drug-likeness (QED) is 0.291. The highest BCUT2D eigenvalue weighted by Crippen LogP contribution is 2.22. The van der Waals surface area contributed by atoms with Crippen LogP contribution in [0.15, 0.2) is 0 Å². The minimum absolute atomic E-state index is 0.107. The molecule has 0 aliphatic heterocycles. The molecule has 0 radical (unpaired) electrons. The third kappa shape index (κ3) is 15.3. The van der Waals surface area contributed by atoms with Gasteiger partial charge in [0.25, 0.3) is 0 Å². The Morgan fingerprint density at radius 1 is 0.929 bits per heavy atom. The molecule has 9 heteroatoms. The van der Waals surface area contributed by atoms with Crippen LogP contribution in [-0.2, 0) is 19.1 Å². The fourth-order valence-electron chi connectivity index (χ4n) is 2.69. The van der Waals surface area contributed by atoms with E-state index in [2.05, 4.69) is 10.1 Å². The van der Waals surface area contributed by atoms with E-state index in [4.69, 9.17) is 5.11 Å². The highest BCUT2D eigenvalue weighted by atomic mass is 19.4. The van der Waals surface area contributed by atoms with Gasteiger partial charge in [0, 0.05) is 13.0 Å². The van der Waals surface area contributed by atoms with Crippen LogP contribution in [0.4, 0.5) is 13.2 Å². The maximum atomic E-state index is 12.4. The second-order valence-electron chi connectivity index (χ2n) is 6.82. The van der Waals surface area contributed by atoms with E-state index >= 15 is 0 Å². The molecule has 0 saturated carbocycles. The van der Waals surface area contributed by atoms with Gasteiger partial charge in [-0.05, 0) is 32.1 Å². The predicted octanol–water partition coefficient (Wildman–Crippen LogP) is 4.36. The van der Waals surface area contributed by atoms with Crippen LogP contribution in [0.3, 0.4) is 0 Å². The number of hydrogen-bond acceptors (Lipinski definition) is 4. The molecule has 0 fully saturated rings. The number of carboxylic acids is 1. The van der Waals surface area contributed by atoms with Gasteiger partial charge in [-0.3, -0.25) is 9.59 Å². The molecular weight excluding hydrogens is 379 g/mol. The number of carbonyl (C=O) groups is 3. The van der Waals surface area contributed by atoms with Crippen molar-refractivity contribution in [2.45, 2.75) is 96.3 Å². The topological polar surface area (TPSA) is 92.7 Å². The van der Waals surface area contributed by atoms with Crippen molar-refractivity contribution >= 4 is 17.8 Å². The van der Waals surface area contributed by atoms with Crippen molar-refractivity contribution in [1.29, 1.82) is 0 Å². The Morgan fingerprint density at radius 2 is 1.50 bits per heavy atom. The Morgan fingerprint density at radius 3 is 2.07 bits per heavy atom. The lowest BCUT2D eigenvalue weighted by Gasteiger charge is -2.18. The molecule has 0 aliphatic carbocycles. The number of esters is 1. The number of rotatable bonds is 16. The van der Waals surface area contributed by atoms with E-state index in [9.17, 15) is 27.6 Å². The van der Waals surface area contributed by atoms with Crippen LogP contribution in [0.25, 0.3) is 0 Å². The van der Waals surface area contributed by atoms with Crippen molar-refractivity contribution in [3.8, 4) is 0 Å². The summed E-state index contributed by atoms with van der Waals surface area (Å²) in [5.41, 5.74) is 0. The van der Waals surface area contributed by atoms with Crippen LogP contribution < -0.4 is 5.32 Å². The number of halogens is 3. The summed E-state index contributed by atoms with van der Waals surface area (Å²) in [5, 5.41) is 11.0. The van der Waals surface area contributed by atoms with Crippen molar-refractivity contribution in [1.82, 2.24) is 5.32 Å². The molecule has 0 spiro atoms. The van der Waals surface area contributed by atoms with Gasteiger partial charge in [-0.25, -0.2) is 4.79 Å². The van der Waals surface area contributed by atoms with Crippen LogP contribution in [0.1, 0.15) is 84.0 Å². The number of carboxylic acid groups (broad SMARTS) is 1. The molecule has 0 saturated heterocycles. The second kappa shape index (κ2) is 15.2. The molecule has 164 valence electrons. The van der Waals surface area contributed by atoms with Gasteiger partial charge in [-0.2, -0.15) is 13.2 Å². The van der Waals surface area contributed by atoms with E-state index in [0.717, 1.165) is 38.5 Å². The highest BCUT2D eigenvalue weighted by molar-refractivity contribution is 5.76. The lowest BCUT2D eigenvalue weighted by Crippen LogP contribution is -2.30. The summed E-state index contributed by atoms with van der Waals surface area (Å²) >= 11 is 0. The summed E-state index contributed by atoms with van der Waals surface area (Å²) in [7, 11) is 0. The first-order valence-electron chi connectivity index (χ1n) is 9.93. The van der Waals surface area contributed by atoms with Gasteiger partial charge < -0.3 is 15.2 Å². The maximum Gasteiger partial charge on any atom is 0.490 e. The zero-order valence-electron chi connectivity index (χ0n) is 16.5. The van der Waals surface area contributed by atoms with Gasteiger partial charge in [0.2, 0.25) is 5.91 Å². The van der Waals surface area contributed by atoms with Gasteiger partial charge in [0.1, 0.15) is 6.10 Å². The molecule has 0 bridgehead atoms. The number of carbonyl (C=O) groups excluding carboxylic acids is 2. The summed E-state index contributed by atoms with van der Waals surface area (Å²) < 4.78 is 41.7. The Bertz CT molecular complexity index is 469. The molecule has 28 heavy (non-hydrogen) atoms. The van der Waals surface area contributed by atoms with Crippen LogP contribution >= 0.6 is 0 Å². The number of nitrogens with one attached hydrogen (secondary N) is 1. The molecule has 1 atom stereocenters. The van der Waals surface area contributed by atoms with Gasteiger partial charge >= 0.3 is 18.1 Å². The highest BCUT2D eigenvalue weighted by Gasteiger charge is 2.42. The first-order chi connectivity index (χ1) is 13.2. The summed E-state index contributed by atoms with van der Waals surface area (Å²) in [5.74, 6) is -3.27. The predicted molar refractivity (Wildman–Crippen MR) is 97.7 cm³/mol. The molecule has 1 amide bonds. The largest absolute Gasteiger partial charge is 0.490 e. The smallest absolute Gasteiger partial charge is 0.481 e. The summed E-state index contributed by atoms with van der Waals surface area (Å²) in [6, 6.07) is 0. The summed E-state index contributed by atoms with van der Waals surface area (Å²) in [4.78, 5) is 32.8. The molecule has 0 rings (SSSR count). The fourth-order valence-corrected chi connectivity index (χ4v) is 2.69. The average Bonchev–Trinajstić information content (AvgIpc) is 2.59. The van der Waals surface area contributed by atoms with Crippen molar-refractivity contribution in [2.24, 2.45) is 0 Å². The fraction of sp³-hybridized carbons (Fsp3) is 0.842. The van der Waals surface area contributed by atoms with E-state index in [1.54, 1.807) is 0 Å². The van der Waals surface area contributed by atoms with E-state index in [-0.39, 0.29) is 18.9 Å². The average molecular weight is 411 g/mol. The van der Waals surface area contributed by atoms with Crippen LogP contribution in [-0.4, -0.2) is 41.8 Å². The number of ether oxygens (including phenoxy) is 1. The van der Waals surface area contributed by atoms with Gasteiger partial charge in [-0.15, -0.1) is 0 Å². The number of unbranched alkanes of at least 4 members (excludes halogenated alkanes) is 6. The standard InChI is InChI=1S/C19H32F3NO5/c1-2-3-7-10-15(28-18(27)19(20,21)22)11-8-5-4-6-9-12-16(24)23-14-13-17(25)26/h15H,2-14H2,1H3,(H,23,24)(H,25,26). The number of alkyl halides is 3. The van der Waals surface area contributed by atoms with Gasteiger partial charge in [-0.1, -0.05) is 39.0 Å². The molecule has 0 aromatic carbocycles. The van der Waals surface area contributed by atoms with Crippen molar-refractivity contribution in [3.63, 3.8) is 0 Å². The SMILES string of the molecule is CCCCCC(CCCCCCCC(=O)NCCC(=O)O)OC(=O)C(F)(F)F. The summed E-state index contributed by atoms with van der Waals surface area (Å²) in [6.07, 6.45) is 1.67. The maximum absolute atomic E-state index is 12.4. The summed E-state index contributed by atoms with van der Waals surface area (Å²) in [6.45, 7) is 2.10. The third-order valence-corrected chi connectivity index (χ3v) is 4.23. The lowest BCUT2D eigenvalue weighted by atomic mass is 10.0. The van der Waals surface area contributed by atoms with Crippen LogP contribution in [0, 0.1) is 0 Å². The first-order valence-corrected chi connectivity index (χ1v) is 9.93. The minimum Gasteiger partial charge on any atom is -0.481 e. The molecular formula is C19H32F3NO5. The Labute approximate surface area is 164 Å². The molecule has 0 heterocycles. The molecule has 6 nitrogen and oxygen atoms in total. The molecule has 1 unspecified atom stereocenters. The van der Waals surface area contributed by atoms with Gasteiger partial charge in [0.15, 0.2) is 0 Å². The molecule has 0 aromatic rings. The van der Waals surface area contributed by atoms with E-state index in [1.807, 2.05) is 6.92 Å². The minimum atomic E-state index is -4.96. The van der Waals surface area contributed by atoms with Crippen molar-refractivity contribution in [3.05, 3.63) is 0 Å².